The van der Waals surface area contributed by atoms with E-state index in [4.69, 9.17) is 16.6 Å². The highest BCUT2D eigenvalue weighted by atomic mass is 32.2. The summed E-state index contributed by atoms with van der Waals surface area (Å²) in [5.41, 5.74) is 13.2. The fraction of sp³-hybridized carbons (Fsp3) is 0.300. The molecule has 0 amide bonds. The van der Waals surface area contributed by atoms with E-state index in [2.05, 4.69) is 29.9 Å². The molecule has 2 aromatic carbocycles. The minimum Gasteiger partial charge on any atom is -0.341 e. The lowest BCUT2D eigenvalue weighted by Crippen LogP contribution is -2.33. The molecule has 0 saturated heterocycles. The van der Waals surface area contributed by atoms with Crippen LogP contribution in [-0.4, -0.2) is 52.4 Å². The quantitative estimate of drug-likeness (QED) is 0.267. The molecule has 0 fully saturated rings. The van der Waals surface area contributed by atoms with Gasteiger partial charge in [0.25, 0.3) is 0 Å². The van der Waals surface area contributed by atoms with E-state index in [9.17, 15) is 16.8 Å². The van der Waals surface area contributed by atoms with Gasteiger partial charge in [0.15, 0.2) is 12.5 Å². The lowest BCUT2D eigenvalue weighted by atomic mass is 9.97. The predicted molar refractivity (Wildman–Crippen MR) is 130 cm³/mol. The summed E-state index contributed by atoms with van der Waals surface area (Å²) in [6.07, 6.45) is 0. The Hall–Kier alpha value is -3.08. The number of amidine groups is 1. The van der Waals surface area contributed by atoms with E-state index in [-0.39, 0.29) is 43.6 Å². The van der Waals surface area contributed by atoms with Crippen LogP contribution in [0.2, 0.25) is 0 Å². The van der Waals surface area contributed by atoms with Gasteiger partial charge in [-0.1, -0.05) is 25.1 Å². The molecule has 0 radical (unpaired) electrons. The van der Waals surface area contributed by atoms with Crippen molar-refractivity contribution in [2.24, 2.45) is 37.7 Å². The van der Waals surface area contributed by atoms with Gasteiger partial charge in [0.1, 0.15) is 15.6 Å². The number of hydrogen-bond donors (Lipinski definition) is 5. The van der Waals surface area contributed by atoms with Crippen LogP contribution in [0.15, 0.2) is 55.3 Å². The van der Waals surface area contributed by atoms with Gasteiger partial charge in [0, 0.05) is 12.1 Å². The number of azo groups is 1. The van der Waals surface area contributed by atoms with Gasteiger partial charge in [-0.25, -0.2) is 36.7 Å². The first-order chi connectivity index (χ1) is 16.6. The zero-order chi connectivity index (χ0) is 25.4. The minimum absolute atomic E-state index is 0.00900. The molecule has 0 aliphatic carbocycles. The molecule has 186 valence electrons. The Kier molecular flexibility index (Phi) is 6.81. The highest BCUT2D eigenvalue weighted by Crippen LogP contribution is 2.37. The number of rotatable bonds is 9. The second-order valence-corrected chi connectivity index (χ2v) is 11.2. The molecule has 35 heavy (non-hydrogen) atoms. The standard InChI is InChI=1S/C20H25N9O4S2/c1-11(7-21)9-26-35(32,33)15-6-5-12(13-3-2-4-14-18(13)28-16(8-22)27-14)17(19(15)34(23,30)31)20-24-10-25-29-20/h2-6,11,26H,7-10,21-22H2,1H3,(H,27,28)(H2,23,30,31)/t11-/m1/s1. The van der Waals surface area contributed by atoms with Gasteiger partial charge in [-0.15, -0.1) is 5.11 Å². The van der Waals surface area contributed by atoms with Crippen molar-refractivity contribution in [3.05, 3.63) is 41.7 Å². The number of nitrogens with zero attached hydrogens (tertiary/aromatic N) is 4. The fourth-order valence-corrected chi connectivity index (χ4v) is 6.44. The summed E-state index contributed by atoms with van der Waals surface area (Å²) >= 11 is 0. The largest absolute Gasteiger partial charge is 0.341 e. The molecular formula is C20H25N9O4S2. The second kappa shape index (κ2) is 9.52. The molecule has 8 N–H and O–H groups in total. The number of nitrogens with one attached hydrogen (secondary N) is 2. The Morgan fingerprint density at radius 2 is 1.89 bits per heavy atom. The van der Waals surface area contributed by atoms with Gasteiger partial charge >= 0.3 is 0 Å². The molecule has 15 heteroatoms. The van der Waals surface area contributed by atoms with Crippen LogP contribution in [0.3, 0.4) is 0 Å². The topological polar surface area (TPSA) is 224 Å². The first-order valence-corrected chi connectivity index (χ1v) is 13.6. The fourth-order valence-electron chi connectivity index (χ4n) is 3.67. The van der Waals surface area contributed by atoms with Gasteiger partial charge < -0.3 is 16.5 Å². The number of sulfonamides is 2. The van der Waals surface area contributed by atoms with Crippen molar-refractivity contribution in [1.29, 1.82) is 0 Å². The molecular weight excluding hydrogens is 494 g/mol. The maximum atomic E-state index is 13.2. The van der Waals surface area contributed by atoms with Crippen molar-refractivity contribution in [2.45, 2.75) is 23.3 Å². The van der Waals surface area contributed by atoms with E-state index >= 15 is 0 Å². The summed E-state index contributed by atoms with van der Waals surface area (Å²) in [5.74, 6) is 0.294. The highest BCUT2D eigenvalue weighted by molar-refractivity contribution is 7.92. The third-order valence-corrected chi connectivity index (χ3v) is 8.03. The summed E-state index contributed by atoms with van der Waals surface area (Å²) in [4.78, 5) is 10.6. The van der Waals surface area contributed by atoms with Crippen molar-refractivity contribution in [2.75, 3.05) is 19.8 Å². The Labute approximate surface area is 202 Å². The number of nitrogens with two attached hydrogens (primary N) is 3. The van der Waals surface area contributed by atoms with Gasteiger partial charge in [0.2, 0.25) is 20.0 Å². The zero-order valence-electron chi connectivity index (χ0n) is 18.8. The van der Waals surface area contributed by atoms with Crippen molar-refractivity contribution in [3.8, 4) is 11.1 Å². The Balaban J connectivity index is 2.04. The number of primary sulfonamides is 1. The number of para-hydroxylation sites is 1. The molecule has 13 nitrogen and oxygen atoms in total. The van der Waals surface area contributed by atoms with Gasteiger partial charge in [-0.3, -0.25) is 0 Å². The minimum atomic E-state index is -4.59. The summed E-state index contributed by atoms with van der Waals surface area (Å²) in [6, 6.07) is 7.93. The van der Waals surface area contributed by atoms with Crippen LogP contribution in [0.5, 0.6) is 0 Å². The average molecular weight is 520 g/mol. The molecule has 1 atom stereocenters. The predicted octanol–water partition coefficient (Wildman–Crippen LogP) is 0.379. The Bertz CT molecular complexity index is 1560. The monoisotopic (exact) mass is 519 g/mol. The number of benzene rings is 2. The number of aliphatic imine (C=N–C) groups is 1. The first-order valence-electron chi connectivity index (χ1n) is 10.6. The number of aromatic nitrogens is 2. The molecule has 0 bridgehead atoms. The van der Waals surface area contributed by atoms with E-state index in [1.54, 1.807) is 25.1 Å². The van der Waals surface area contributed by atoms with Crippen LogP contribution in [-0.2, 0) is 26.6 Å². The lowest BCUT2D eigenvalue weighted by Gasteiger charge is -2.18. The van der Waals surface area contributed by atoms with Crippen LogP contribution in [0.25, 0.3) is 22.2 Å². The normalized spacial score (nSPS) is 15.0. The first kappa shape index (κ1) is 25.0. The summed E-state index contributed by atoms with van der Waals surface area (Å²) in [7, 11) is -8.89. The molecule has 1 aromatic heterocycles. The third kappa shape index (κ3) is 4.86. The zero-order valence-corrected chi connectivity index (χ0v) is 20.4. The molecule has 3 aromatic rings. The van der Waals surface area contributed by atoms with Crippen molar-refractivity contribution >= 4 is 36.9 Å². The summed E-state index contributed by atoms with van der Waals surface area (Å²) in [5, 5.41) is 13.3. The molecule has 1 aliphatic heterocycles. The smallest absolute Gasteiger partial charge is 0.241 e. The average Bonchev–Trinajstić information content (AvgIpc) is 3.50. The van der Waals surface area contributed by atoms with E-state index in [1.165, 1.54) is 12.1 Å². The molecule has 0 unspecified atom stereocenters. The SMILES string of the molecule is C[C@H](CN)CNS(=O)(=O)c1ccc(-c2cccc3[nH]c(CN)nc23)c(C2=NCN=N2)c1S(N)(=O)=O. The van der Waals surface area contributed by atoms with Crippen LogP contribution >= 0.6 is 0 Å². The number of fused-ring (bicyclic) bond motifs is 1. The number of aromatic amines is 1. The van der Waals surface area contributed by atoms with E-state index in [1.807, 2.05) is 0 Å². The Morgan fingerprint density at radius 1 is 1.11 bits per heavy atom. The molecule has 1 aliphatic rings. The van der Waals surface area contributed by atoms with E-state index in [0.29, 0.717) is 28.0 Å². The van der Waals surface area contributed by atoms with Crippen molar-refractivity contribution in [3.63, 3.8) is 0 Å². The van der Waals surface area contributed by atoms with E-state index < -0.39 is 29.8 Å². The van der Waals surface area contributed by atoms with Crippen LogP contribution in [0, 0.1) is 5.92 Å². The third-order valence-electron chi connectivity index (χ3n) is 5.44. The summed E-state index contributed by atoms with van der Waals surface area (Å²) < 4.78 is 54.5. The van der Waals surface area contributed by atoms with Gasteiger partial charge in [-0.05, 0) is 30.2 Å². The van der Waals surface area contributed by atoms with Gasteiger partial charge in [0.05, 0.1) is 23.1 Å². The molecule has 2 heterocycles. The molecule has 0 saturated carbocycles. The number of hydrogen-bond acceptors (Lipinski definition) is 10. The second-order valence-electron chi connectivity index (χ2n) is 8.01. The highest BCUT2D eigenvalue weighted by Gasteiger charge is 2.33. The Morgan fingerprint density at radius 3 is 2.51 bits per heavy atom. The molecule has 4 rings (SSSR count). The summed E-state index contributed by atoms with van der Waals surface area (Å²) in [6.45, 7) is 2.13. The number of H-pyrrole nitrogens is 1. The van der Waals surface area contributed by atoms with Crippen molar-refractivity contribution < 1.29 is 16.8 Å². The number of imidazole rings is 1. The molecule has 0 spiro atoms. The maximum absolute atomic E-state index is 13.2. The van der Waals surface area contributed by atoms with Crippen LogP contribution in [0.4, 0.5) is 0 Å². The van der Waals surface area contributed by atoms with Crippen LogP contribution < -0.4 is 21.3 Å². The van der Waals surface area contributed by atoms with Crippen LogP contribution in [0.1, 0.15) is 18.3 Å². The van der Waals surface area contributed by atoms with Crippen molar-refractivity contribution in [1.82, 2.24) is 14.7 Å². The van der Waals surface area contributed by atoms with Gasteiger partial charge in [-0.2, -0.15) is 5.11 Å². The lowest BCUT2D eigenvalue weighted by molar-refractivity contribution is 0.542. The van der Waals surface area contributed by atoms with E-state index in [0.717, 1.165) is 0 Å². The maximum Gasteiger partial charge on any atom is 0.241 e.